The van der Waals surface area contributed by atoms with Crippen LogP contribution in [0.4, 0.5) is 5.82 Å². The smallest absolute Gasteiger partial charge is 0.390 e. The first-order valence-electron chi connectivity index (χ1n) is 8.03. The highest BCUT2D eigenvalue weighted by Gasteiger charge is 2.38. The number of hydrogen-bond acceptors (Lipinski definition) is 9. The SMILES string of the molecule is Nc1ncnc2c1ncn2[C@H]1C[C@H](O)[C@@H](COP(=O)(O)NCC2CO2)O1. The van der Waals surface area contributed by atoms with Gasteiger partial charge in [0.25, 0.3) is 0 Å². The van der Waals surface area contributed by atoms with E-state index in [-0.39, 0.29) is 31.5 Å². The first-order chi connectivity index (χ1) is 12.4. The van der Waals surface area contributed by atoms with Crippen molar-refractivity contribution in [2.75, 3.05) is 25.5 Å². The van der Waals surface area contributed by atoms with Crippen LogP contribution in [-0.4, -0.2) is 67.6 Å². The molecule has 0 bridgehead atoms. The maximum absolute atomic E-state index is 11.9. The van der Waals surface area contributed by atoms with Gasteiger partial charge in [0.2, 0.25) is 0 Å². The summed E-state index contributed by atoms with van der Waals surface area (Å²) in [6.07, 6.45) is 0.829. The summed E-state index contributed by atoms with van der Waals surface area (Å²) in [5, 5.41) is 12.6. The molecule has 0 aromatic carbocycles. The highest BCUT2D eigenvalue weighted by Crippen LogP contribution is 2.39. The fourth-order valence-corrected chi connectivity index (χ4v) is 3.61. The maximum atomic E-state index is 11.9. The van der Waals surface area contributed by atoms with Crippen molar-refractivity contribution in [3.63, 3.8) is 0 Å². The van der Waals surface area contributed by atoms with Crippen molar-refractivity contribution in [1.82, 2.24) is 24.6 Å². The number of epoxide rings is 1. The standard InChI is InChI=1S/C13H19N6O6P/c14-12-11-13(16-5-15-12)19(6-17-11)10-1-8(20)9(25-10)4-24-26(21,22)18-2-7-3-23-7/h5-10,20H,1-4H2,(H2,14,15,16)(H2,18,21,22)/t7?,8-,9+,10+/m0/s1. The quantitative estimate of drug-likeness (QED) is 0.345. The van der Waals surface area contributed by atoms with E-state index in [1.807, 2.05) is 0 Å². The first kappa shape index (κ1) is 17.7. The minimum Gasteiger partial charge on any atom is -0.390 e. The molecule has 12 nitrogen and oxygen atoms in total. The molecule has 0 radical (unpaired) electrons. The summed E-state index contributed by atoms with van der Waals surface area (Å²) in [4.78, 5) is 21.9. The van der Waals surface area contributed by atoms with Crippen LogP contribution in [0, 0.1) is 0 Å². The van der Waals surface area contributed by atoms with Crippen LogP contribution in [0.15, 0.2) is 12.7 Å². The van der Waals surface area contributed by atoms with Crippen LogP contribution in [0.1, 0.15) is 12.6 Å². The number of aliphatic hydroxyl groups excluding tert-OH is 1. The molecule has 0 saturated carbocycles. The van der Waals surface area contributed by atoms with E-state index in [1.54, 1.807) is 4.57 Å². The van der Waals surface area contributed by atoms with Gasteiger partial charge in [0, 0.05) is 13.0 Å². The number of nitrogens with zero attached hydrogens (tertiary/aromatic N) is 4. The molecule has 4 rings (SSSR count). The Morgan fingerprint density at radius 2 is 2.27 bits per heavy atom. The van der Waals surface area contributed by atoms with Crippen LogP contribution in [0.5, 0.6) is 0 Å². The van der Waals surface area contributed by atoms with Gasteiger partial charge in [-0.05, 0) is 0 Å². The molecule has 26 heavy (non-hydrogen) atoms. The Morgan fingerprint density at radius 1 is 1.46 bits per heavy atom. The van der Waals surface area contributed by atoms with E-state index < -0.39 is 26.2 Å². The molecule has 5 atom stereocenters. The van der Waals surface area contributed by atoms with E-state index in [4.69, 9.17) is 19.7 Å². The molecule has 2 saturated heterocycles. The van der Waals surface area contributed by atoms with E-state index >= 15 is 0 Å². The molecular weight excluding hydrogens is 367 g/mol. The number of rotatable bonds is 7. The lowest BCUT2D eigenvalue weighted by atomic mass is 10.2. The molecule has 0 aliphatic carbocycles. The highest BCUT2D eigenvalue weighted by atomic mass is 31.2. The topological polar surface area (TPSA) is 170 Å². The van der Waals surface area contributed by atoms with E-state index in [1.165, 1.54) is 12.7 Å². The molecule has 5 N–H and O–H groups in total. The summed E-state index contributed by atoms with van der Waals surface area (Å²) in [6.45, 7) is 0.548. The Hall–Kier alpha value is -1.66. The summed E-state index contributed by atoms with van der Waals surface area (Å²) in [5.74, 6) is 0.249. The van der Waals surface area contributed by atoms with Crippen LogP contribution >= 0.6 is 7.75 Å². The first-order valence-corrected chi connectivity index (χ1v) is 9.61. The number of nitrogens with one attached hydrogen (secondary N) is 1. The average Bonchev–Trinajstić information content (AvgIpc) is 3.22. The van der Waals surface area contributed by atoms with Crippen LogP contribution < -0.4 is 10.8 Å². The molecule has 2 aliphatic heterocycles. The van der Waals surface area contributed by atoms with Gasteiger partial charge in [-0.2, -0.15) is 0 Å². The number of nitrogen functional groups attached to an aromatic ring is 1. The summed E-state index contributed by atoms with van der Waals surface area (Å²) in [7, 11) is -3.99. The van der Waals surface area contributed by atoms with Gasteiger partial charge >= 0.3 is 7.75 Å². The van der Waals surface area contributed by atoms with Crippen molar-refractivity contribution in [3.05, 3.63) is 12.7 Å². The van der Waals surface area contributed by atoms with E-state index in [2.05, 4.69) is 20.0 Å². The fourth-order valence-electron chi connectivity index (χ4n) is 2.74. The minimum absolute atomic E-state index is 0.0549. The number of fused-ring (bicyclic) bond motifs is 1. The van der Waals surface area contributed by atoms with Gasteiger partial charge in [-0.15, -0.1) is 0 Å². The van der Waals surface area contributed by atoms with Crippen molar-refractivity contribution in [2.24, 2.45) is 0 Å². The number of hydrogen-bond donors (Lipinski definition) is 4. The Bertz CT molecular complexity index is 844. The second-order valence-electron chi connectivity index (χ2n) is 6.15. The molecule has 2 fully saturated rings. The van der Waals surface area contributed by atoms with Crippen molar-refractivity contribution >= 4 is 24.7 Å². The van der Waals surface area contributed by atoms with Gasteiger partial charge < -0.3 is 25.2 Å². The number of aliphatic hydroxyl groups is 1. The predicted molar refractivity (Wildman–Crippen MR) is 87.8 cm³/mol. The zero-order valence-electron chi connectivity index (χ0n) is 13.6. The average molecular weight is 386 g/mol. The summed E-state index contributed by atoms with van der Waals surface area (Å²) < 4.78 is 29.3. The van der Waals surface area contributed by atoms with E-state index in [9.17, 15) is 14.6 Å². The highest BCUT2D eigenvalue weighted by molar-refractivity contribution is 7.50. The van der Waals surface area contributed by atoms with E-state index in [0.29, 0.717) is 17.8 Å². The largest absolute Gasteiger partial charge is 0.403 e. The number of ether oxygens (including phenoxy) is 2. The Balaban J connectivity index is 1.39. The van der Waals surface area contributed by atoms with Crippen molar-refractivity contribution < 1.29 is 28.6 Å². The van der Waals surface area contributed by atoms with Crippen LogP contribution in [0.3, 0.4) is 0 Å². The molecule has 0 amide bonds. The Kier molecular flexibility index (Phi) is 4.65. The van der Waals surface area contributed by atoms with Crippen molar-refractivity contribution in [3.8, 4) is 0 Å². The third-order valence-electron chi connectivity index (χ3n) is 4.24. The predicted octanol–water partition coefficient (Wildman–Crippen LogP) is -0.838. The van der Waals surface area contributed by atoms with Gasteiger partial charge in [-0.3, -0.25) is 9.09 Å². The van der Waals surface area contributed by atoms with Crippen molar-refractivity contribution in [2.45, 2.75) is 31.0 Å². The summed E-state index contributed by atoms with van der Waals surface area (Å²) >= 11 is 0. The number of imidazole rings is 1. The van der Waals surface area contributed by atoms with Gasteiger partial charge in [-0.25, -0.2) is 24.6 Å². The third kappa shape index (κ3) is 3.71. The lowest BCUT2D eigenvalue weighted by Crippen LogP contribution is -2.28. The Morgan fingerprint density at radius 3 is 3.04 bits per heavy atom. The summed E-state index contributed by atoms with van der Waals surface area (Å²) in [5.41, 5.74) is 6.68. The van der Waals surface area contributed by atoms with E-state index in [0.717, 1.165) is 0 Å². The second kappa shape index (κ2) is 6.82. The molecular formula is C13H19N6O6P. The molecule has 4 heterocycles. The molecule has 2 unspecified atom stereocenters. The zero-order valence-corrected chi connectivity index (χ0v) is 14.5. The third-order valence-corrected chi connectivity index (χ3v) is 5.32. The van der Waals surface area contributed by atoms with Crippen LogP contribution in [0.2, 0.25) is 0 Å². The molecule has 13 heteroatoms. The Labute approximate surface area is 147 Å². The molecule has 0 spiro atoms. The number of nitrogens with two attached hydrogens (primary N) is 1. The van der Waals surface area contributed by atoms with Crippen molar-refractivity contribution in [1.29, 1.82) is 0 Å². The summed E-state index contributed by atoms with van der Waals surface area (Å²) in [6, 6.07) is 0. The lowest BCUT2D eigenvalue weighted by molar-refractivity contribution is -0.0400. The van der Waals surface area contributed by atoms with Crippen LogP contribution in [-0.2, 0) is 18.6 Å². The lowest BCUT2D eigenvalue weighted by Gasteiger charge is -2.18. The number of anilines is 1. The maximum Gasteiger partial charge on any atom is 0.403 e. The zero-order chi connectivity index (χ0) is 18.3. The molecule has 142 valence electrons. The fraction of sp³-hybridized carbons (Fsp3) is 0.615. The molecule has 2 aliphatic rings. The normalized spacial score (nSPS) is 30.5. The van der Waals surface area contributed by atoms with Gasteiger partial charge in [0.1, 0.15) is 24.2 Å². The van der Waals surface area contributed by atoms with Gasteiger partial charge in [-0.1, -0.05) is 0 Å². The molecule has 2 aromatic rings. The van der Waals surface area contributed by atoms with Gasteiger partial charge in [0.05, 0.1) is 31.7 Å². The van der Waals surface area contributed by atoms with Gasteiger partial charge in [0.15, 0.2) is 11.5 Å². The minimum atomic E-state index is -3.99. The monoisotopic (exact) mass is 386 g/mol. The van der Waals surface area contributed by atoms with Crippen LogP contribution in [0.25, 0.3) is 11.2 Å². The second-order valence-corrected chi connectivity index (χ2v) is 7.76. The molecule has 2 aromatic heterocycles. The number of aromatic nitrogens is 4.